The van der Waals surface area contributed by atoms with Crippen LogP contribution in [0.4, 0.5) is 5.95 Å². The highest BCUT2D eigenvalue weighted by molar-refractivity contribution is 5.92. The second-order valence-corrected chi connectivity index (χ2v) is 5.07. The van der Waals surface area contributed by atoms with Gasteiger partial charge in [0, 0.05) is 32.9 Å². The zero-order chi connectivity index (χ0) is 13.9. The summed E-state index contributed by atoms with van der Waals surface area (Å²) in [7, 11) is 1.81. The van der Waals surface area contributed by atoms with Crippen molar-refractivity contribution in [1.82, 2.24) is 14.5 Å². The molecule has 0 fully saturated rings. The number of fused-ring (bicyclic) bond motifs is 1. The molecule has 0 radical (unpaired) electrons. The molecule has 2 aromatic rings. The van der Waals surface area contributed by atoms with E-state index >= 15 is 0 Å². The van der Waals surface area contributed by atoms with Crippen molar-refractivity contribution in [2.45, 2.75) is 19.5 Å². The van der Waals surface area contributed by atoms with Crippen molar-refractivity contribution in [1.29, 1.82) is 0 Å². The van der Waals surface area contributed by atoms with Gasteiger partial charge in [0.15, 0.2) is 0 Å². The molecule has 0 saturated carbocycles. The minimum Gasteiger partial charge on any atom is -0.356 e. The number of imidazole rings is 1. The van der Waals surface area contributed by atoms with Crippen molar-refractivity contribution in [3.05, 3.63) is 47.8 Å². The van der Waals surface area contributed by atoms with Crippen LogP contribution in [-0.2, 0) is 13.1 Å². The molecule has 1 aromatic carbocycles. The highest BCUT2D eigenvalue weighted by Gasteiger charge is 2.19. The molecule has 3 rings (SSSR count). The average molecular weight is 270 g/mol. The third-order valence-electron chi connectivity index (χ3n) is 3.46. The van der Waals surface area contributed by atoms with Crippen LogP contribution in [0.25, 0.3) is 0 Å². The lowest BCUT2D eigenvalue weighted by molar-refractivity contribution is 0.0780. The largest absolute Gasteiger partial charge is 0.356 e. The Labute approximate surface area is 118 Å². The monoisotopic (exact) mass is 270 g/mol. The highest BCUT2D eigenvalue weighted by Crippen LogP contribution is 2.15. The van der Waals surface area contributed by atoms with Gasteiger partial charge in [-0.2, -0.15) is 0 Å². The maximum absolute atomic E-state index is 12.4. The number of carbonyl (C=O) groups excluding carboxylic acids is 1. The predicted octanol–water partition coefficient (Wildman–Crippen LogP) is 1.97. The van der Waals surface area contributed by atoms with Crippen LogP contribution < -0.4 is 5.32 Å². The van der Waals surface area contributed by atoms with Gasteiger partial charge in [0.25, 0.3) is 5.91 Å². The summed E-state index contributed by atoms with van der Waals surface area (Å²) in [6.45, 7) is 2.44. The fraction of sp³-hybridized carbons (Fsp3) is 0.333. The van der Waals surface area contributed by atoms with Crippen LogP contribution in [0.1, 0.15) is 22.5 Å². The molecule has 0 bridgehead atoms. The first-order chi connectivity index (χ1) is 9.74. The van der Waals surface area contributed by atoms with Crippen molar-refractivity contribution < 1.29 is 4.79 Å². The van der Waals surface area contributed by atoms with E-state index in [0.717, 1.165) is 31.0 Å². The summed E-state index contributed by atoms with van der Waals surface area (Å²) in [5, 5.41) is 3.21. The number of aromatic nitrogens is 2. The topological polar surface area (TPSA) is 50.2 Å². The zero-order valence-electron chi connectivity index (χ0n) is 11.5. The normalized spacial score (nSPS) is 13.4. The molecule has 0 spiro atoms. The Bertz CT molecular complexity index is 582. The van der Waals surface area contributed by atoms with Crippen LogP contribution in [0.15, 0.2) is 36.5 Å². The number of amides is 1. The van der Waals surface area contributed by atoms with Gasteiger partial charge in [-0.1, -0.05) is 30.3 Å². The van der Waals surface area contributed by atoms with Gasteiger partial charge in [-0.25, -0.2) is 4.98 Å². The SMILES string of the molecule is CN(Cc1ccccc1)C(=O)c1cn2c(n1)NCCC2. The molecular formula is C15H18N4O. The van der Waals surface area contributed by atoms with Gasteiger partial charge in [0.2, 0.25) is 5.95 Å². The number of anilines is 1. The van der Waals surface area contributed by atoms with Gasteiger partial charge in [-0.15, -0.1) is 0 Å². The number of hydrogen-bond donors (Lipinski definition) is 1. The number of aryl methyl sites for hydroxylation is 1. The Morgan fingerprint density at radius 1 is 1.40 bits per heavy atom. The fourth-order valence-electron chi connectivity index (χ4n) is 2.40. The van der Waals surface area contributed by atoms with E-state index in [1.54, 1.807) is 11.9 Å². The standard InChI is InChI=1S/C15H18N4O/c1-18(10-12-6-3-2-4-7-12)14(20)13-11-19-9-5-8-16-15(19)17-13/h2-4,6-7,11H,5,8-10H2,1H3,(H,16,17). The summed E-state index contributed by atoms with van der Waals surface area (Å²) >= 11 is 0. The molecule has 1 aliphatic heterocycles. The van der Waals surface area contributed by atoms with Crippen LogP contribution in [-0.4, -0.2) is 34.0 Å². The molecule has 1 aromatic heterocycles. The quantitative estimate of drug-likeness (QED) is 0.927. The number of nitrogens with one attached hydrogen (secondary N) is 1. The van der Waals surface area contributed by atoms with E-state index in [4.69, 9.17) is 0 Å². The van der Waals surface area contributed by atoms with Crippen LogP contribution >= 0.6 is 0 Å². The Morgan fingerprint density at radius 2 is 2.20 bits per heavy atom. The van der Waals surface area contributed by atoms with E-state index in [0.29, 0.717) is 12.2 Å². The van der Waals surface area contributed by atoms with E-state index in [-0.39, 0.29) is 5.91 Å². The number of carbonyl (C=O) groups is 1. The first-order valence-corrected chi connectivity index (χ1v) is 6.84. The van der Waals surface area contributed by atoms with E-state index < -0.39 is 0 Å². The Balaban J connectivity index is 1.73. The van der Waals surface area contributed by atoms with E-state index in [1.165, 1.54) is 0 Å². The fourth-order valence-corrected chi connectivity index (χ4v) is 2.40. The van der Waals surface area contributed by atoms with Crippen LogP contribution in [0, 0.1) is 0 Å². The highest BCUT2D eigenvalue weighted by atomic mass is 16.2. The smallest absolute Gasteiger partial charge is 0.274 e. The first-order valence-electron chi connectivity index (χ1n) is 6.84. The van der Waals surface area contributed by atoms with Gasteiger partial charge in [0.05, 0.1) is 0 Å². The molecule has 1 N–H and O–H groups in total. The summed E-state index contributed by atoms with van der Waals surface area (Å²) in [5.74, 6) is 0.755. The Hall–Kier alpha value is -2.30. The van der Waals surface area contributed by atoms with Crippen molar-refractivity contribution in [2.75, 3.05) is 18.9 Å². The number of rotatable bonds is 3. The summed E-state index contributed by atoms with van der Waals surface area (Å²) in [6.07, 6.45) is 2.90. The van der Waals surface area contributed by atoms with Gasteiger partial charge in [-0.3, -0.25) is 4.79 Å². The van der Waals surface area contributed by atoms with Gasteiger partial charge in [0.1, 0.15) is 5.69 Å². The first kappa shape index (κ1) is 12.7. The van der Waals surface area contributed by atoms with Gasteiger partial charge >= 0.3 is 0 Å². The second kappa shape index (κ2) is 5.36. The molecule has 0 unspecified atom stereocenters. The molecule has 1 aliphatic rings. The van der Waals surface area contributed by atoms with Crippen LogP contribution in [0.3, 0.4) is 0 Å². The third kappa shape index (κ3) is 2.52. The molecule has 104 valence electrons. The van der Waals surface area contributed by atoms with Crippen LogP contribution in [0.2, 0.25) is 0 Å². The van der Waals surface area contributed by atoms with Crippen molar-refractivity contribution in [2.24, 2.45) is 0 Å². The van der Waals surface area contributed by atoms with E-state index in [2.05, 4.69) is 10.3 Å². The van der Waals surface area contributed by atoms with Crippen LogP contribution in [0.5, 0.6) is 0 Å². The molecule has 2 heterocycles. The lowest BCUT2D eigenvalue weighted by Gasteiger charge is -2.15. The minimum absolute atomic E-state index is 0.0439. The Morgan fingerprint density at radius 3 is 2.95 bits per heavy atom. The molecule has 0 atom stereocenters. The second-order valence-electron chi connectivity index (χ2n) is 5.07. The number of nitrogens with zero attached hydrogens (tertiary/aromatic N) is 3. The van der Waals surface area contributed by atoms with Crippen molar-refractivity contribution in [3.8, 4) is 0 Å². The molecular weight excluding hydrogens is 252 g/mol. The maximum atomic E-state index is 12.4. The molecule has 1 amide bonds. The predicted molar refractivity (Wildman–Crippen MR) is 77.6 cm³/mol. The van der Waals surface area contributed by atoms with Gasteiger partial charge in [-0.05, 0) is 12.0 Å². The third-order valence-corrected chi connectivity index (χ3v) is 3.46. The molecule has 20 heavy (non-hydrogen) atoms. The summed E-state index contributed by atoms with van der Waals surface area (Å²) in [4.78, 5) is 18.5. The number of hydrogen-bond acceptors (Lipinski definition) is 3. The summed E-state index contributed by atoms with van der Waals surface area (Å²) < 4.78 is 2.01. The lowest BCUT2D eigenvalue weighted by atomic mass is 10.2. The lowest BCUT2D eigenvalue weighted by Crippen LogP contribution is -2.26. The summed E-state index contributed by atoms with van der Waals surface area (Å²) in [6, 6.07) is 9.97. The van der Waals surface area contributed by atoms with E-state index in [1.807, 2.05) is 41.1 Å². The molecule has 5 heteroatoms. The van der Waals surface area contributed by atoms with Crippen molar-refractivity contribution in [3.63, 3.8) is 0 Å². The molecule has 0 aliphatic carbocycles. The van der Waals surface area contributed by atoms with E-state index in [9.17, 15) is 4.79 Å². The zero-order valence-corrected chi connectivity index (χ0v) is 11.5. The minimum atomic E-state index is -0.0439. The maximum Gasteiger partial charge on any atom is 0.274 e. The average Bonchev–Trinajstić information content (AvgIpc) is 2.91. The van der Waals surface area contributed by atoms with Crippen molar-refractivity contribution >= 4 is 11.9 Å². The molecule has 5 nitrogen and oxygen atoms in total. The van der Waals surface area contributed by atoms with Gasteiger partial charge < -0.3 is 14.8 Å². The molecule has 0 saturated heterocycles. The summed E-state index contributed by atoms with van der Waals surface area (Å²) in [5.41, 5.74) is 1.62. The Kier molecular flexibility index (Phi) is 3.41. The number of benzene rings is 1.